The van der Waals surface area contributed by atoms with Crippen LogP contribution in [0.3, 0.4) is 0 Å². The van der Waals surface area contributed by atoms with Crippen molar-refractivity contribution in [1.82, 2.24) is 4.90 Å². The summed E-state index contributed by atoms with van der Waals surface area (Å²) in [7, 11) is 0. The van der Waals surface area contributed by atoms with Crippen LogP contribution in [-0.4, -0.2) is 34.2 Å². The average molecular weight is 421 g/mol. The predicted molar refractivity (Wildman–Crippen MR) is 118 cm³/mol. The summed E-state index contributed by atoms with van der Waals surface area (Å²) in [6.07, 6.45) is 1.59. The Labute approximate surface area is 182 Å². The van der Waals surface area contributed by atoms with Crippen LogP contribution in [0.5, 0.6) is 5.75 Å². The zero-order valence-corrected chi connectivity index (χ0v) is 18.3. The zero-order chi connectivity index (χ0) is 22.7. The fourth-order valence-electron chi connectivity index (χ4n) is 3.71. The Morgan fingerprint density at radius 2 is 1.74 bits per heavy atom. The Morgan fingerprint density at radius 3 is 2.32 bits per heavy atom. The second-order valence-electron chi connectivity index (χ2n) is 7.81. The number of carbonyl (C=O) groups excluding carboxylic acids is 3. The minimum Gasteiger partial charge on any atom is -0.507 e. The highest BCUT2D eigenvalue weighted by molar-refractivity contribution is 6.46. The molecule has 0 aromatic heterocycles. The number of esters is 1. The van der Waals surface area contributed by atoms with Crippen molar-refractivity contribution < 1.29 is 24.2 Å². The number of hydrogen-bond acceptors (Lipinski definition) is 5. The molecule has 0 radical (unpaired) electrons. The van der Waals surface area contributed by atoms with Crippen molar-refractivity contribution in [3.8, 4) is 5.75 Å². The summed E-state index contributed by atoms with van der Waals surface area (Å²) in [6, 6.07) is 11.4. The number of carbonyl (C=O) groups is 3. The first kappa shape index (κ1) is 22.3. The number of amides is 1. The largest absolute Gasteiger partial charge is 0.507 e. The fraction of sp³-hybridized carbons (Fsp3) is 0.320. The average Bonchev–Trinajstić information content (AvgIpc) is 2.98. The van der Waals surface area contributed by atoms with Crippen LogP contribution in [0.2, 0.25) is 0 Å². The van der Waals surface area contributed by atoms with E-state index in [4.69, 9.17) is 4.74 Å². The molecule has 1 amide bonds. The van der Waals surface area contributed by atoms with Gasteiger partial charge < -0.3 is 14.7 Å². The molecule has 1 unspecified atom stereocenters. The first-order valence-corrected chi connectivity index (χ1v) is 10.4. The van der Waals surface area contributed by atoms with E-state index in [2.05, 4.69) is 0 Å². The lowest BCUT2D eigenvalue weighted by Crippen LogP contribution is -2.30. The molecule has 1 aliphatic rings. The van der Waals surface area contributed by atoms with Crippen LogP contribution < -0.4 is 4.74 Å². The molecule has 2 aromatic carbocycles. The lowest BCUT2D eigenvalue weighted by Gasteiger charge is -2.25. The second kappa shape index (κ2) is 9.16. The highest BCUT2D eigenvalue weighted by atomic mass is 16.5. The van der Waals surface area contributed by atoms with Crippen LogP contribution >= 0.6 is 0 Å². The third-order valence-corrected chi connectivity index (χ3v) is 5.53. The molecule has 31 heavy (non-hydrogen) atoms. The number of likely N-dealkylation sites (tertiary alicyclic amines) is 1. The summed E-state index contributed by atoms with van der Waals surface area (Å²) in [5, 5.41) is 11.1. The van der Waals surface area contributed by atoms with Gasteiger partial charge in [-0.3, -0.25) is 14.4 Å². The molecule has 1 saturated heterocycles. The minimum atomic E-state index is -0.709. The van der Waals surface area contributed by atoms with Crippen molar-refractivity contribution in [1.29, 1.82) is 0 Å². The molecular weight excluding hydrogens is 394 g/mol. The van der Waals surface area contributed by atoms with E-state index in [0.29, 0.717) is 23.4 Å². The van der Waals surface area contributed by atoms with Crippen LogP contribution in [0.15, 0.2) is 48.0 Å². The lowest BCUT2D eigenvalue weighted by molar-refractivity contribution is -0.139. The van der Waals surface area contributed by atoms with Gasteiger partial charge in [-0.25, -0.2) is 0 Å². The molecule has 1 aliphatic heterocycles. The summed E-state index contributed by atoms with van der Waals surface area (Å²) in [4.78, 5) is 38.5. The van der Waals surface area contributed by atoms with Gasteiger partial charge in [-0.15, -0.1) is 0 Å². The van der Waals surface area contributed by atoms with E-state index < -0.39 is 23.7 Å². The van der Waals surface area contributed by atoms with Gasteiger partial charge in [-0.05, 0) is 55.2 Å². The number of hydrogen-bond donors (Lipinski definition) is 1. The number of nitrogens with zero attached hydrogens (tertiary/aromatic N) is 1. The SMILES string of the molecule is CCCCN1C(=O)C(=O)/C(=C(\O)c2ccc(C)c(C)c2)C1c1ccc(OC(C)=O)cc1. The molecule has 0 saturated carbocycles. The summed E-state index contributed by atoms with van der Waals surface area (Å²) in [5.41, 5.74) is 3.28. The van der Waals surface area contributed by atoms with Gasteiger partial charge in [0.1, 0.15) is 11.5 Å². The highest BCUT2D eigenvalue weighted by Crippen LogP contribution is 2.40. The number of ketones is 1. The molecule has 1 N–H and O–H groups in total. The molecule has 1 atom stereocenters. The number of unbranched alkanes of at least 4 members (excludes halogenated alkanes) is 1. The van der Waals surface area contributed by atoms with Crippen molar-refractivity contribution in [2.45, 2.75) is 46.6 Å². The van der Waals surface area contributed by atoms with E-state index in [1.807, 2.05) is 32.9 Å². The molecule has 3 rings (SSSR count). The zero-order valence-electron chi connectivity index (χ0n) is 18.3. The van der Waals surface area contributed by atoms with Gasteiger partial charge in [0.15, 0.2) is 0 Å². The van der Waals surface area contributed by atoms with Gasteiger partial charge in [0.2, 0.25) is 0 Å². The summed E-state index contributed by atoms with van der Waals surface area (Å²) < 4.78 is 5.09. The number of aliphatic hydroxyl groups excluding tert-OH is 1. The van der Waals surface area contributed by atoms with Gasteiger partial charge in [0.25, 0.3) is 11.7 Å². The molecule has 162 valence electrons. The summed E-state index contributed by atoms with van der Waals surface area (Å²) in [5.74, 6) is -1.56. The van der Waals surface area contributed by atoms with Gasteiger partial charge in [-0.2, -0.15) is 0 Å². The molecule has 2 aromatic rings. The molecule has 0 spiro atoms. The van der Waals surface area contributed by atoms with Gasteiger partial charge >= 0.3 is 5.97 Å². The van der Waals surface area contributed by atoms with Crippen molar-refractivity contribution in [2.75, 3.05) is 6.54 Å². The summed E-state index contributed by atoms with van der Waals surface area (Å²) >= 11 is 0. The monoisotopic (exact) mass is 421 g/mol. The topological polar surface area (TPSA) is 83.9 Å². The Hall–Kier alpha value is -3.41. The Morgan fingerprint density at radius 1 is 1.06 bits per heavy atom. The van der Waals surface area contributed by atoms with E-state index in [-0.39, 0.29) is 11.3 Å². The molecular formula is C25H27NO5. The van der Waals surface area contributed by atoms with E-state index in [0.717, 1.165) is 24.0 Å². The predicted octanol–water partition coefficient (Wildman–Crippen LogP) is 4.45. The number of ether oxygens (including phenoxy) is 1. The molecule has 0 bridgehead atoms. The molecule has 6 heteroatoms. The molecule has 1 fully saturated rings. The quantitative estimate of drug-likeness (QED) is 0.245. The van der Waals surface area contributed by atoms with Crippen LogP contribution in [0.25, 0.3) is 5.76 Å². The van der Waals surface area contributed by atoms with E-state index in [1.165, 1.54) is 11.8 Å². The number of aliphatic hydroxyl groups is 1. The number of Topliss-reactive ketones (excluding diaryl/α,β-unsaturated/α-hetero) is 1. The normalized spacial score (nSPS) is 17.8. The Bertz CT molecular complexity index is 1050. The van der Waals surface area contributed by atoms with E-state index >= 15 is 0 Å². The standard InChI is InChI=1S/C25H27NO5/c1-5-6-13-26-22(18-9-11-20(12-10-18)31-17(4)27)21(24(29)25(26)30)23(28)19-8-7-15(2)16(3)14-19/h7-12,14,22,28H,5-6,13H2,1-4H3/b23-21-. The summed E-state index contributed by atoms with van der Waals surface area (Å²) in [6.45, 7) is 7.62. The minimum absolute atomic E-state index is 0.0737. The number of rotatable bonds is 6. The third-order valence-electron chi connectivity index (χ3n) is 5.53. The van der Waals surface area contributed by atoms with Crippen LogP contribution in [0.4, 0.5) is 0 Å². The fourth-order valence-corrected chi connectivity index (χ4v) is 3.71. The molecule has 1 heterocycles. The first-order chi connectivity index (χ1) is 14.7. The maximum atomic E-state index is 13.0. The van der Waals surface area contributed by atoms with Crippen molar-refractivity contribution >= 4 is 23.4 Å². The smallest absolute Gasteiger partial charge is 0.308 e. The van der Waals surface area contributed by atoms with Crippen molar-refractivity contribution in [3.63, 3.8) is 0 Å². The Kier molecular flexibility index (Phi) is 6.59. The third kappa shape index (κ3) is 4.53. The van der Waals surface area contributed by atoms with Gasteiger partial charge in [0.05, 0.1) is 11.6 Å². The second-order valence-corrected chi connectivity index (χ2v) is 7.81. The van der Waals surface area contributed by atoms with Crippen LogP contribution in [0, 0.1) is 13.8 Å². The maximum absolute atomic E-state index is 13.0. The van der Waals surface area contributed by atoms with Gasteiger partial charge in [-0.1, -0.05) is 37.6 Å². The number of aryl methyl sites for hydroxylation is 2. The molecule has 0 aliphatic carbocycles. The lowest BCUT2D eigenvalue weighted by atomic mass is 9.94. The van der Waals surface area contributed by atoms with E-state index in [1.54, 1.807) is 30.3 Å². The highest BCUT2D eigenvalue weighted by Gasteiger charge is 2.45. The van der Waals surface area contributed by atoms with Gasteiger partial charge in [0, 0.05) is 19.0 Å². The molecule has 6 nitrogen and oxygen atoms in total. The van der Waals surface area contributed by atoms with Crippen molar-refractivity contribution in [3.05, 3.63) is 70.3 Å². The van der Waals surface area contributed by atoms with Crippen LogP contribution in [0.1, 0.15) is 55.0 Å². The van der Waals surface area contributed by atoms with E-state index in [9.17, 15) is 19.5 Å². The first-order valence-electron chi connectivity index (χ1n) is 10.4. The van der Waals surface area contributed by atoms with Crippen molar-refractivity contribution in [2.24, 2.45) is 0 Å². The van der Waals surface area contributed by atoms with Crippen LogP contribution in [-0.2, 0) is 14.4 Å². The Balaban J connectivity index is 2.12. The number of benzene rings is 2. The maximum Gasteiger partial charge on any atom is 0.308 e.